The minimum atomic E-state index is -1.17. The predicted octanol–water partition coefficient (Wildman–Crippen LogP) is 3.88. The van der Waals surface area contributed by atoms with E-state index in [1.54, 1.807) is 0 Å². The van der Waals surface area contributed by atoms with Crippen LogP contribution in [0.4, 0.5) is 4.79 Å². The smallest absolute Gasteiger partial charge is 0.407 e. The molecule has 1 amide bonds. The fourth-order valence-electron chi connectivity index (χ4n) is 5.54. The molecule has 4 rings (SSSR count). The van der Waals surface area contributed by atoms with Gasteiger partial charge in [-0.15, -0.1) is 4.31 Å². The molecule has 0 spiro atoms. The summed E-state index contributed by atoms with van der Waals surface area (Å²) < 4.78 is 20.7. The number of hydrogen-bond donors (Lipinski definition) is 2. The number of carbonyl (C=O) groups excluding carboxylic acids is 1. The Morgan fingerprint density at radius 2 is 1.77 bits per heavy atom. The van der Waals surface area contributed by atoms with Crippen molar-refractivity contribution in [1.82, 2.24) is 19.8 Å². The number of nitrogens with zero attached hydrogens (tertiary/aromatic N) is 2. The van der Waals surface area contributed by atoms with Crippen LogP contribution >= 0.6 is 0 Å². The molecular formula is C27H44N4O3S. The molecule has 3 heterocycles. The molecule has 0 aromatic heterocycles. The molecule has 8 heteroatoms. The second-order valence-corrected chi connectivity index (χ2v) is 12.9. The zero-order valence-electron chi connectivity index (χ0n) is 21.8. The zero-order chi connectivity index (χ0) is 24.8. The lowest BCUT2D eigenvalue weighted by molar-refractivity contribution is 0.0489. The van der Waals surface area contributed by atoms with Gasteiger partial charge in [-0.05, 0) is 115 Å². The van der Waals surface area contributed by atoms with Gasteiger partial charge in [-0.2, -0.15) is 0 Å². The standard InChI is InChI=1S/C27H44N4O3S/c1-27(2,3)34-26(32)29-24-11-17-31(18-12-24)35(33)25-6-4-5-23(19-25)22-9-15-30(16-10-22)20-21-7-13-28-14-8-21/h4-6,19,21-22,24,28H,7-18,20H2,1-3H3,(H,29,32). The second kappa shape index (κ2) is 12.3. The van der Waals surface area contributed by atoms with Gasteiger partial charge < -0.3 is 24.8 Å². The lowest BCUT2D eigenvalue weighted by atomic mass is 9.88. The number of carbonyl (C=O) groups is 1. The summed E-state index contributed by atoms with van der Waals surface area (Å²) in [5.74, 6) is 1.40. The van der Waals surface area contributed by atoms with Gasteiger partial charge in [-0.3, -0.25) is 0 Å². The maximum Gasteiger partial charge on any atom is 0.407 e. The van der Waals surface area contributed by atoms with Crippen molar-refractivity contribution in [3.8, 4) is 0 Å². The van der Waals surface area contributed by atoms with Gasteiger partial charge in [0.25, 0.3) is 0 Å². The number of likely N-dealkylation sites (tertiary alicyclic amines) is 1. The molecule has 0 radical (unpaired) electrons. The predicted molar refractivity (Wildman–Crippen MR) is 141 cm³/mol. The average Bonchev–Trinajstić information content (AvgIpc) is 2.84. The highest BCUT2D eigenvalue weighted by Crippen LogP contribution is 2.31. The summed E-state index contributed by atoms with van der Waals surface area (Å²) in [5.41, 5.74) is 0.833. The summed E-state index contributed by atoms with van der Waals surface area (Å²) in [7, 11) is 0. The molecule has 0 bridgehead atoms. The molecule has 3 aliphatic heterocycles. The number of alkyl carbamates (subject to hydrolysis) is 1. The van der Waals surface area contributed by atoms with Gasteiger partial charge in [0.15, 0.2) is 4.90 Å². The van der Waals surface area contributed by atoms with Crippen molar-refractivity contribution < 1.29 is 14.1 Å². The first-order valence-electron chi connectivity index (χ1n) is 13.5. The Kier molecular flexibility index (Phi) is 9.38. The van der Waals surface area contributed by atoms with Crippen molar-refractivity contribution in [3.63, 3.8) is 0 Å². The van der Waals surface area contributed by atoms with Crippen molar-refractivity contribution in [2.75, 3.05) is 45.8 Å². The van der Waals surface area contributed by atoms with Gasteiger partial charge in [0.1, 0.15) is 5.60 Å². The van der Waals surface area contributed by atoms with Crippen LogP contribution < -0.4 is 10.6 Å². The number of benzene rings is 1. The lowest BCUT2D eigenvalue weighted by Crippen LogP contribution is -2.47. The summed E-state index contributed by atoms with van der Waals surface area (Å²) in [6.45, 7) is 12.9. The van der Waals surface area contributed by atoms with Crippen LogP contribution in [0.2, 0.25) is 0 Å². The molecule has 1 unspecified atom stereocenters. The number of nitrogens with one attached hydrogen (secondary N) is 2. The molecule has 3 saturated heterocycles. The Hall–Kier alpha value is -1.32. The fourth-order valence-corrected chi connectivity index (χ4v) is 6.82. The van der Waals surface area contributed by atoms with E-state index < -0.39 is 17.0 Å². The highest BCUT2D eigenvalue weighted by Gasteiger charge is 2.31. The minimum Gasteiger partial charge on any atom is -0.593 e. The average molecular weight is 505 g/mol. The highest BCUT2D eigenvalue weighted by molar-refractivity contribution is 7.89. The van der Waals surface area contributed by atoms with Crippen LogP contribution in [0.5, 0.6) is 0 Å². The maximum absolute atomic E-state index is 13.3. The second-order valence-electron chi connectivity index (χ2n) is 11.4. The number of piperidine rings is 3. The Balaban J connectivity index is 1.24. The van der Waals surface area contributed by atoms with Crippen LogP contribution in [0.1, 0.15) is 70.8 Å². The maximum atomic E-state index is 13.3. The minimum absolute atomic E-state index is 0.0690. The summed E-state index contributed by atoms with van der Waals surface area (Å²) >= 11 is -1.17. The molecule has 1 atom stereocenters. The van der Waals surface area contributed by atoms with Gasteiger partial charge in [0.2, 0.25) is 0 Å². The highest BCUT2D eigenvalue weighted by atomic mass is 32.2. The molecule has 2 N–H and O–H groups in total. The van der Waals surface area contributed by atoms with E-state index in [-0.39, 0.29) is 12.1 Å². The van der Waals surface area contributed by atoms with Gasteiger partial charge in [-0.1, -0.05) is 12.1 Å². The van der Waals surface area contributed by atoms with E-state index in [9.17, 15) is 9.35 Å². The van der Waals surface area contributed by atoms with Gasteiger partial charge in [0, 0.05) is 25.7 Å². The first-order chi connectivity index (χ1) is 16.8. The first-order valence-corrected chi connectivity index (χ1v) is 14.6. The monoisotopic (exact) mass is 504 g/mol. The number of hydrogen-bond acceptors (Lipinski definition) is 6. The summed E-state index contributed by atoms with van der Waals surface area (Å²) in [5, 5.41) is 6.43. The Labute approximate surface area is 214 Å². The van der Waals surface area contributed by atoms with Crippen molar-refractivity contribution in [3.05, 3.63) is 29.8 Å². The van der Waals surface area contributed by atoms with Crippen molar-refractivity contribution in [2.45, 2.75) is 81.8 Å². The molecule has 35 heavy (non-hydrogen) atoms. The van der Waals surface area contributed by atoms with E-state index in [0.29, 0.717) is 19.0 Å². The summed E-state index contributed by atoms with van der Waals surface area (Å²) in [4.78, 5) is 15.6. The van der Waals surface area contributed by atoms with Crippen molar-refractivity contribution in [1.29, 1.82) is 0 Å². The molecule has 3 fully saturated rings. The molecule has 196 valence electrons. The van der Waals surface area contributed by atoms with Crippen LogP contribution in [0.15, 0.2) is 29.2 Å². The third kappa shape index (κ3) is 8.09. The van der Waals surface area contributed by atoms with E-state index in [1.807, 2.05) is 31.1 Å². The third-order valence-corrected chi connectivity index (χ3v) is 8.99. The first kappa shape index (κ1) is 26.7. The number of rotatable bonds is 6. The van der Waals surface area contributed by atoms with E-state index in [4.69, 9.17) is 4.74 Å². The van der Waals surface area contributed by atoms with Crippen molar-refractivity contribution in [2.24, 2.45) is 5.92 Å². The van der Waals surface area contributed by atoms with Crippen LogP contribution in [0.3, 0.4) is 0 Å². The van der Waals surface area contributed by atoms with E-state index in [1.165, 1.54) is 64.0 Å². The quantitative estimate of drug-likeness (QED) is 0.573. The molecule has 1 aromatic rings. The molecule has 0 saturated carbocycles. The zero-order valence-corrected chi connectivity index (χ0v) is 22.6. The van der Waals surface area contributed by atoms with Gasteiger partial charge in [-0.25, -0.2) is 4.79 Å². The Morgan fingerprint density at radius 1 is 1.09 bits per heavy atom. The van der Waals surface area contributed by atoms with Crippen LogP contribution in [-0.2, 0) is 16.1 Å². The molecule has 0 aliphatic carbocycles. The van der Waals surface area contributed by atoms with Crippen LogP contribution in [0, 0.1) is 5.92 Å². The van der Waals surface area contributed by atoms with Crippen LogP contribution in [-0.4, -0.2) is 77.3 Å². The third-order valence-electron chi connectivity index (χ3n) is 7.50. The number of amides is 1. The Morgan fingerprint density at radius 3 is 2.43 bits per heavy atom. The van der Waals surface area contributed by atoms with Crippen LogP contribution in [0.25, 0.3) is 0 Å². The molecular weight excluding hydrogens is 460 g/mol. The molecule has 1 aromatic carbocycles. The van der Waals surface area contributed by atoms with E-state index >= 15 is 0 Å². The van der Waals surface area contributed by atoms with E-state index in [0.717, 1.165) is 23.7 Å². The largest absolute Gasteiger partial charge is 0.593 e. The molecule has 7 nitrogen and oxygen atoms in total. The summed E-state index contributed by atoms with van der Waals surface area (Å²) in [6, 6.07) is 8.52. The number of ether oxygens (including phenoxy) is 1. The lowest BCUT2D eigenvalue weighted by Gasteiger charge is -2.36. The fraction of sp³-hybridized carbons (Fsp3) is 0.741. The SMILES string of the molecule is CC(C)(C)OC(=O)NC1CCN([S+]([O-])c2cccc(C3CCN(CC4CCNCC4)CC3)c2)CC1. The van der Waals surface area contributed by atoms with Gasteiger partial charge in [0.05, 0.1) is 11.4 Å². The van der Waals surface area contributed by atoms with Crippen molar-refractivity contribution >= 4 is 17.5 Å². The Bertz CT molecular complexity index is 811. The topological polar surface area (TPSA) is 79.9 Å². The van der Waals surface area contributed by atoms with E-state index in [2.05, 4.69) is 33.7 Å². The normalized spacial score (nSPS) is 23.2. The summed E-state index contributed by atoms with van der Waals surface area (Å²) in [6.07, 6.45) is 6.17. The van der Waals surface area contributed by atoms with Gasteiger partial charge >= 0.3 is 6.09 Å². The molecule has 3 aliphatic rings.